The first-order valence-corrected chi connectivity index (χ1v) is 8.82. The number of carboxylic acids is 1. The van der Waals surface area contributed by atoms with Gasteiger partial charge in [-0.3, -0.25) is 4.79 Å². The quantitative estimate of drug-likeness (QED) is 0.432. The Bertz CT molecular complexity index is 1090. The molecule has 0 aliphatic rings. The van der Waals surface area contributed by atoms with Gasteiger partial charge in [-0.05, 0) is 46.3 Å². The Morgan fingerprint density at radius 1 is 1.26 bits per heavy atom. The number of rotatable bonds is 6. The fourth-order valence-electron chi connectivity index (χ4n) is 2.80. The summed E-state index contributed by atoms with van der Waals surface area (Å²) in [4.78, 5) is 18.5. The number of halogens is 1. The molecule has 0 amide bonds. The molecule has 9 nitrogen and oxygen atoms in total. The van der Waals surface area contributed by atoms with Gasteiger partial charge in [0.2, 0.25) is 0 Å². The minimum absolute atomic E-state index is 0.324. The molecule has 1 unspecified atom stereocenters. The summed E-state index contributed by atoms with van der Waals surface area (Å²) in [7, 11) is 0. The number of nitrogens with zero attached hydrogens (tertiary/aromatic N) is 5. The number of carbonyl (C=O) groups is 1. The number of aromatic amines is 1. The van der Waals surface area contributed by atoms with Crippen molar-refractivity contribution in [3.8, 4) is 0 Å². The summed E-state index contributed by atoms with van der Waals surface area (Å²) in [6.07, 6.45) is 1.63. The number of hydrogen-bond donors (Lipinski definition) is 3. The molecule has 0 spiro atoms. The van der Waals surface area contributed by atoms with Crippen molar-refractivity contribution in [3.05, 3.63) is 64.7 Å². The molecular weight excluding hydrogens is 414 g/mol. The fraction of sp³-hybridized carbons (Fsp3) is 0.118. The first-order valence-electron chi connectivity index (χ1n) is 8.03. The van der Waals surface area contributed by atoms with Crippen molar-refractivity contribution in [2.24, 2.45) is 0 Å². The second-order valence-electron chi connectivity index (χ2n) is 5.85. The third-order valence-electron chi connectivity index (χ3n) is 4.04. The molecule has 0 bridgehead atoms. The van der Waals surface area contributed by atoms with E-state index in [1.54, 1.807) is 6.33 Å². The van der Waals surface area contributed by atoms with E-state index < -0.39 is 12.0 Å². The summed E-state index contributed by atoms with van der Waals surface area (Å²) in [5, 5.41) is 24.0. The van der Waals surface area contributed by atoms with Crippen LogP contribution in [0.1, 0.15) is 17.4 Å². The van der Waals surface area contributed by atoms with Gasteiger partial charge in [-0.25, -0.2) is 9.67 Å². The van der Waals surface area contributed by atoms with Gasteiger partial charge in [0.1, 0.15) is 12.6 Å². The van der Waals surface area contributed by atoms with Gasteiger partial charge in [-0.1, -0.05) is 28.1 Å². The standard InChI is InChI=1S/C17H14BrN7O2/c18-11-3-1-10(2-4-11)16(17-22-23-24-25(17)8-15(26)27)21-12-5-6-13-14(7-12)20-9-19-13/h1-7,9,16,21H,8H2,(H,19,20)(H,26,27). The van der Waals surface area contributed by atoms with Gasteiger partial charge < -0.3 is 15.4 Å². The molecule has 0 aliphatic carbocycles. The van der Waals surface area contributed by atoms with Crippen LogP contribution in [0.25, 0.3) is 11.0 Å². The van der Waals surface area contributed by atoms with Crippen molar-refractivity contribution in [1.29, 1.82) is 0 Å². The van der Waals surface area contributed by atoms with Gasteiger partial charge in [0, 0.05) is 10.2 Å². The normalized spacial score (nSPS) is 12.2. The Hall–Kier alpha value is -3.27. The van der Waals surface area contributed by atoms with Crippen LogP contribution in [0.4, 0.5) is 5.69 Å². The summed E-state index contributed by atoms with van der Waals surface area (Å²) < 4.78 is 2.21. The van der Waals surface area contributed by atoms with Gasteiger partial charge in [0.25, 0.3) is 0 Å². The molecule has 2 aromatic carbocycles. The van der Waals surface area contributed by atoms with Crippen LogP contribution in [0.3, 0.4) is 0 Å². The average Bonchev–Trinajstić information content (AvgIpc) is 3.29. The number of aliphatic carboxylic acids is 1. The number of anilines is 1. The number of tetrazole rings is 1. The van der Waals surface area contributed by atoms with Gasteiger partial charge in [0.05, 0.1) is 17.4 Å². The molecule has 2 heterocycles. The molecule has 2 aromatic heterocycles. The van der Waals surface area contributed by atoms with Crippen LogP contribution in [0, 0.1) is 0 Å². The summed E-state index contributed by atoms with van der Waals surface area (Å²) in [6, 6.07) is 13.0. The van der Waals surface area contributed by atoms with Gasteiger partial charge in [-0.15, -0.1) is 5.10 Å². The van der Waals surface area contributed by atoms with Crippen molar-refractivity contribution in [2.75, 3.05) is 5.32 Å². The SMILES string of the molecule is O=C(O)Cn1nnnc1C(Nc1ccc2[nH]cnc2c1)c1ccc(Br)cc1. The van der Waals surface area contributed by atoms with E-state index in [1.807, 2.05) is 42.5 Å². The summed E-state index contributed by atoms with van der Waals surface area (Å²) in [5.74, 6) is -0.613. The summed E-state index contributed by atoms with van der Waals surface area (Å²) in [5.41, 5.74) is 3.45. The van der Waals surface area contributed by atoms with E-state index in [4.69, 9.17) is 5.11 Å². The number of benzene rings is 2. The third-order valence-corrected chi connectivity index (χ3v) is 4.57. The lowest BCUT2D eigenvalue weighted by Gasteiger charge is -2.19. The van der Waals surface area contributed by atoms with Gasteiger partial charge in [-0.2, -0.15) is 0 Å². The smallest absolute Gasteiger partial charge is 0.325 e. The van der Waals surface area contributed by atoms with Gasteiger partial charge >= 0.3 is 5.97 Å². The molecule has 0 aliphatic heterocycles. The zero-order chi connectivity index (χ0) is 18.8. The summed E-state index contributed by atoms with van der Waals surface area (Å²) in [6.45, 7) is -0.324. The first-order chi connectivity index (χ1) is 13.1. The molecule has 0 saturated heterocycles. The molecule has 136 valence electrons. The minimum atomic E-state index is -1.02. The van der Waals surface area contributed by atoms with Gasteiger partial charge in [0.15, 0.2) is 5.82 Å². The van der Waals surface area contributed by atoms with Crippen molar-refractivity contribution in [3.63, 3.8) is 0 Å². The first kappa shape index (κ1) is 17.2. The van der Waals surface area contributed by atoms with Crippen LogP contribution in [0.15, 0.2) is 53.3 Å². The maximum Gasteiger partial charge on any atom is 0.325 e. The Morgan fingerprint density at radius 3 is 2.85 bits per heavy atom. The number of fused-ring (bicyclic) bond motifs is 1. The van der Waals surface area contributed by atoms with Crippen LogP contribution in [0.5, 0.6) is 0 Å². The van der Waals surface area contributed by atoms with Crippen molar-refractivity contribution in [2.45, 2.75) is 12.6 Å². The predicted molar refractivity (Wildman–Crippen MR) is 101 cm³/mol. The maximum atomic E-state index is 11.1. The lowest BCUT2D eigenvalue weighted by atomic mass is 10.1. The van der Waals surface area contributed by atoms with E-state index in [-0.39, 0.29) is 6.54 Å². The number of H-pyrrole nitrogens is 1. The largest absolute Gasteiger partial charge is 0.480 e. The second-order valence-corrected chi connectivity index (χ2v) is 6.77. The average molecular weight is 428 g/mol. The molecule has 4 aromatic rings. The van der Waals surface area contributed by atoms with E-state index >= 15 is 0 Å². The van der Waals surface area contributed by atoms with Crippen molar-refractivity contribution >= 4 is 38.6 Å². The zero-order valence-corrected chi connectivity index (χ0v) is 15.5. The number of imidazole rings is 1. The zero-order valence-electron chi connectivity index (χ0n) is 13.9. The molecule has 27 heavy (non-hydrogen) atoms. The minimum Gasteiger partial charge on any atom is -0.480 e. The van der Waals surface area contributed by atoms with E-state index in [1.165, 1.54) is 4.68 Å². The molecule has 0 saturated carbocycles. The molecule has 0 radical (unpaired) electrons. The van der Waals surface area contributed by atoms with Crippen LogP contribution in [0.2, 0.25) is 0 Å². The molecular formula is C17H14BrN7O2. The molecule has 1 atom stereocenters. The molecule has 0 fully saturated rings. The monoisotopic (exact) mass is 427 g/mol. The molecule has 3 N–H and O–H groups in total. The van der Waals surface area contributed by atoms with Crippen LogP contribution in [-0.4, -0.2) is 41.3 Å². The summed E-state index contributed by atoms with van der Waals surface area (Å²) >= 11 is 3.42. The van der Waals surface area contributed by atoms with E-state index in [9.17, 15) is 4.79 Å². The van der Waals surface area contributed by atoms with Crippen molar-refractivity contribution in [1.82, 2.24) is 30.2 Å². The van der Waals surface area contributed by atoms with Crippen molar-refractivity contribution < 1.29 is 9.90 Å². The Morgan fingerprint density at radius 2 is 2.07 bits per heavy atom. The highest BCUT2D eigenvalue weighted by molar-refractivity contribution is 9.10. The highest BCUT2D eigenvalue weighted by Gasteiger charge is 2.22. The number of nitrogens with one attached hydrogen (secondary N) is 2. The van der Waals surface area contributed by atoms with E-state index in [0.717, 1.165) is 26.8 Å². The van der Waals surface area contributed by atoms with E-state index in [0.29, 0.717) is 5.82 Å². The topological polar surface area (TPSA) is 122 Å². The van der Waals surface area contributed by atoms with Crippen LogP contribution in [-0.2, 0) is 11.3 Å². The Kier molecular flexibility index (Phi) is 4.55. The van der Waals surface area contributed by atoms with Crippen LogP contribution >= 0.6 is 15.9 Å². The third kappa shape index (κ3) is 3.65. The molecule has 4 rings (SSSR count). The Balaban J connectivity index is 1.74. The van der Waals surface area contributed by atoms with Crippen LogP contribution < -0.4 is 5.32 Å². The second kappa shape index (κ2) is 7.16. The highest BCUT2D eigenvalue weighted by Crippen LogP contribution is 2.27. The molecule has 10 heteroatoms. The number of carboxylic acid groups (broad SMARTS) is 1. The van der Waals surface area contributed by atoms with E-state index in [2.05, 4.69) is 46.7 Å². The number of aromatic nitrogens is 6. The maximum absolute atomic E-state index is 11.1. The Labute approximate surface area is 161 Å². The lowest BCUT2D eigenvalue weighted by molar-refractivity contribution is -0.138. The highest BCUT2D eigenvalue weighted by atomic mass is 79.9. The fourth-order valence-corrected chi connectivity index (χ4v) is 3.06. The number of hydrogen-bond acceptors (Lipinski definition) is 6. The predicted octanol–water partition coefficient (Wildman–Crippen LogP) is 2.60. The lowest BCUT2D eigenvalue weighted by Crippen LogP contribution is -2.21.